The quantitative estimate of drug-likeness (QED) is 0.0282. The van der Waals surface area contributed by atoms with Crippen molar-refractivity contribution in [2.75, 3.05) is 42.7 Å². The van der Waals surface area contributed by atoms with Gasteiger partial charge in [0.1, 0.15) is 34.5 Å². The Morgan fingerprint density at radius 1 is 0.195 bits per heavy atom. The Kier molecular flexibility index (Phi) is 33.2. The van der Waals surface area contributed by atoms with E-state index in [9.17, 15) is 0 Å². The van der Waals surface area contributed by atoms with E-state index >= 15 is 0 Å². The molecule has 0 atom stereocenters. The standard InChI is InChI=1S/C114H123N3O6/c1-10-13-16-19-22-25-28-31-34-37-76-115-106-82-94(61-43-88-52-70-100(121-7)71-53-88)91(58-40-85-46-64-97(118-4)65-47-85)79-103(106)109-112(115)110-104-80-92(59-41-86-48-66-98(119-5)67-49-86)95(62-44-89-54-72-101(122-8)73-55-89)83-107(104)116(77-38-35-32-29-26-23-20-17-14-11-2)114(110)111-105-81-93(60-42-87-50-68-99(120-6)69-51-87)96(63-45-90-56-74-102(123-9)75-57-90)84-108(105)117(113(109)111)78-39-36-33-30-27-24-21-18-15-12-3/h46-57,64-75,79-84H,10-39,76-78H2,1-9H3. The summed E-state index contributed by atoms with van der Waals surface area (Å²) in [6.45, 7) is 9.23. The predicted octanol–water partition coefficient (Wildman–Crippen LogP) is 28.2. The van der Waals surface area contributed by atoms with E-state index in [1.165, 1.54) is 187 Å². The maximum atomic E-state index is 5.69. The molecule has 9 nitrogen and oxygen atoms in total. The van der Waals surface area contributed by atoms with Crippen LogP contribution in [-0.4, -0.2) is 56.4 Å². The van der Waals surface area contributed by atoms with E-state index in [0.29, 0.717) is 0 Å². The van der Waals surface area contributed by atoms with Crippen molar-refractivity contribution in [3.8, 4) is 106 Å². The molecule has 0 aliphatic carbocycles. The molecule has 0 saturated carbocycles. The Hall–Kier alpha value is -12.2. The fourth-order valence-corrected chi connectivity index (χ4v) is 17.2. The topological polar surface area (TPSA) is 70.2 Å². The number of rotatable bonds is 39. The van der Waals surface area contributed by atoms with Crippen LogP contribution in [0.25, 0.3) is 65.4 Å². The van der Waals surface area contributed by atoms with Crippen molar-refractivity contribution in [3.63, 3.8) is 0 Å². The SMILES string of the molecule is CCCCCCCCCCCCn1c2cc(C#Cc3ccc(OC)cc3)c(C#Cc3ccc(OC)cc3)cc2c2c1c1c3cc(C#Cc4ccc(OC)cc4)c(C#Cc4ccc(OC)cc4)cc3n(CCCCCCCCCCCC)c1c1c3cc(C#Cc4ccc(OC)cc4)c(C#Cc4ccc(OC)cc4)cc3n(CCCCCCCCCCCC)c21. The molecule has 3 aromatic heterocycles. The fourth-order valence-electron chi connectivity index (χ4n) is 17.2. The molecule has 9 heteroatoms. The van der Waals surface area contributed by atoms with Crippen molar-refractivity contribution in [1.82, 2.24) is 13.7 Å². The Balaban J connectivity index is 1.19. The molecule has 0 spiro atoms. The van der Waals surface area contributed by atoms with E-state index in [1.54, 1.807) is 42.7 Å². The average molecular weight is 1630 g/mol. The monoisotopic (exact) mass is 1630 g/mol. The maximum absolute atomic E-state index is 5.69. The van der Waals surface area contributed by atoms with E-state index in [-0.39, 0.29) is 0 Å². The second kappa shape index (κ2) is 46.1. The molecule has 0 aliphatic heterocycles. The highest BCUT2D eigenvalue weighted by molar-refractivity contribution is 6.40. The first-order chi connectivity index (χ1) is 60.6. The van der Waals surface area contributed by atoms with Crippen LogP contribution < -0.4 is 28.4 Å². The molecule has 0 unspecified atom stereocenters. The minimum atomic E-state index is 0.773. The van der Waals surface area contributed by atoms with Gasteiger partial charge in [0.25, 0.3) is 0 Å². The first kappa shape index (κ1) is 88.5. The van der Waals surface area contributed by atoms with E-state index in [2.05, 4.69) is 142 Å². The van der Waals surface area contributed by atoms with Crippen LogP contribution in [0.1, 0.15) is 280 Å². The number of fused-ring (bicyclic) bond motifs is 12. The lowest BCUT2D eigenvalue weighted by Crippen LogP contribution is -2.02. The van der Waals surface area contributed by atoms with Crippen molar-refractivity contribution in [3.05, 3.63) is 249 Å². The molecule has 13 rings (SSSR count). The van der Waals surface area contributed by atoms with Gasteiger partial charge in [-0.2, -0.15) is 0 Å². The minimum Gasteiger partial charge on any atom is -0.497 e. The van der Waals surface area contributed by atoms with Gasteiger partial charge in [0.05, 0.1) is 75.8 Å². The number of benzene rings is 10. The molecular formula is C114H123N3O6. The smallest absolute Gasteiger partial charge is 0.118 e. The highest BCUT2D eigenvalue weighted by Crippen LogP contribution is 2.50. The highest BCUT2D eigenvalue weighted by atomic mass is 16.5. The first-order valence-corrected chi connectivity index (χ1v) is 45.7. The third kappa shape index (κ3) is 23.3. The second-order valence-corrected chi connectivity index (χ2v) is 32.8. The summed E-state index contributed by atoms with van der Waals surface area (Å²) in [4.78, 5) is 0. The summed E-state index contributed by atoms with van der Waals surface area (Å²) in [5, 5.41) is 6.95. The van der Waals surface area contributed by atoms with Crippen LogP contribution in [0.15, 0.2) is 182 Å². The summed E-state index contributed by atoms with van der Waals surface area (Å²) in [5.74, 6) is 49.3. The third-order valence-electron chi connectivity index (χ3n) is 24.1. The molecular weight excluding hydrogens is 1510 g/mol. The van der Waals surface area contributed by atoms with Crippen LogP contribution in [-0.2, 0) is 19.6 Å². The molecule has 0 fully saturated rings. The summed E-state index contributed by atoms with van der Waals surface area (Å²) < 4.78 is 42.3. The van der Waals surface area contributed by atoms with E-state index in [0.717, 1.165) is 192 Å². The molecule has 3 heterocycles. The number of hydrogen-bond donors (Lipinski definition) is 0. The van der Waals surface area contributed by atoms with Crippen LogP contribution in [0, 0.1) is 71.0 Å². The summed E-state index contributed by atoms with van der Waals surface area (Å²) in [7, 11) is 10.2. The minimum absolute atomic E-state index is 0.773. The molecule has 0 radical (unpaired) electrons. The zero-order valence-corrected chi connectivity index (χ0v) is 74.4. The van der Waals surface area contributed by atoms with Crippen molar-refractivity contribution in [1.29, 1.82) is 0 Å². The van der Waals surface area contributed by atoms with Gasteiger partial charge >= 0.3 is 0 Å². The summed E-state index contributed by atoms with van der Waals surface area (Å²) in [6.07, 6.45) is 36.6. The van der Waals surface area contributed by atoms with Gasteiger partial charge in [0.2, 0.25) is 0 Å². The number of aryl methyl sites for hydroxylation is 3. The van der Waals surface area contributed by atoms with Gasteiger partial charge in [-0.05, 0) is 201 Å². The maximum Gasteiger partial charge on any atom is 0.118 e. The van der Waals surface area contributed by atoms with Gasteiger partial charge in [0, 0.05) is 119 Å². The van der Waals surface area contributed by atoms with E-state index < -0.39 is 0 Å². The number of nitrogens with zero attached hydrogens (tertiary/aromatic N) is 3. The number of hydrogen-bond acceptors (Lipinski definition) is 6. The predicted molar refractivity (Wildman–Crippen MR) is 515 cm³/mol. The summed E-state index contributed by atoms with van der Waals surface area (Å²) in [6, 6.07) is 62.7. The van der Waals surface area contributed by atoms with Crippen LogP contribution in [0.3, 0.4) is 0 Å². The second-order valence-electron chi connectivity index (χ2n) is 32.8. The number of methoxy groups -OCH3 is 6. The third-order valence-corrected chi connectivity index (χ3v) is 24.1. The van der Waals surface area contributed by atoms with Crippen LogP contribution in [0.5, 0.6) is 34.5 Å². The van der Waals surface area contributed by atoms with Crippen molar-refractivity contribution in [2.24, 2.45) is 0 Å². The first-order valence-electron chi connectivity index (χ1n) is 45.7. The number of aromatic nitrogens is 3. The zero-order valence-electron chi connectivity index (χ0n) is 74.4. The zero-order chi connectivity index (χ0) is 85.3. The molecule has 630 valence electrons. The van der Waals surface area contributed by atoms with Gasteiger partial charge < -0.3 is 42.1 Å². The van der Waals surface area contributed by atoms with Gasteiger partial charge in [-0.3, -0.25) is 0 Å². The van der Waals surface area contributed by atoms with Crippen LogP contribution in [0.4, 0.5) is 0 Å². The van der Waals surface area contributed by atoms with Gasteiger partial charge in [0.15, 0.2) is 0 Å². The molecule has 0 saturated heterocycles. The number of ether oxygens (including phenoxy) is 6. The summed E-state index contributed by atoms with van der Waals surface area (Å²) >= 11 is 0. The molecule has 0 amide bonds. The van der Waals surface area contributed by atoms with Crippen molar-refractivity contribution < 1.29 is 28.4 Å². The molecule has 0 aliphatic rings. The summed E-state index contributed by atoms with van der Waals surface area (Å²) in [5.41, 5.74) is 17.3. The van der Waals surface area contributed by atoms with Crippen LogP contribution >= 0.6 is 0 Å². The van der Waals surface area contributed by atoms with E-state index in [1.807, 2.05) is 146 Å². The van der Waals surface area contributed by atoms with E-state index in [4.69, 9.17) is 28.4 Å². The number of unbranched alkanes of at least 4 members (excludes halogenated alkanes) is 27. The molecule has 123 heavy (non-hydrogen) atoms. The lowest BCUT2D eigenvalue weighted by molar-refractivity contribution is 0.414. The lowest BCUT2D eigenvalue weighted by atomic mass is 9.97. The lowest BCUT2D eigenvalue weighted by Gasteiger charge is -2.13. The molecule has 10 aromatic carbocycles. The van der Waals surface area contributed by atoms with Crippen LogP contribution in [0.2, 0.25) is 0 Å². The molecule has 13 aromatic rings. The van der Waals surface area contributed by atoms with Gasteiger partial charge in [-0.25, -0.2) is 0 Å². The van der Waals surface area contributed by atoms with Gasteiger partial charge in [-0.1, -0.05) is 265 Å². The highest BCUT2D eigenvalue weighted by Gasteiger charge is 2.30. The fraction of sp³-hybridized carbons (Fsp3) is 0.368. The van der Waals surface area contributed by atoms with Gasteiger partial charge in [-0.15, -0.1) is 0 Å². The molecule has 0 bridgehead atoms. The Bertz CT molecular complexity index is 5470. The normalized spacial score (nSPS) is 11.0. The largest absolute Gasteiger partial charge is 0.497 e. The Morgan fingerprint density at radius 2 is 0.358 bits per heavy atom. The Morgan fingerprint density at radius 3 is 0.528 bits per heavy atom. The van der Waals surface area contributed by atoms with Crippen molar-refractivity contribution >= 4 is 65.4 Å². The molecule has 0 N–H and O–H groups in total. The van der Waals surface area contributed by atoms with Crippen molar-refractivity contribution in [2.45, 2.75) is 233 Å². The average Bonchev–Trinajstić information content (AvgIpc) is 1.51. The Labute approximate surface area is 733 Å².